The van der Waals surface area contributed by atoms with Gasteiger partial charge in [-0.25, -0.2) is 0 Å². The molecule has 1 nitrogen and oxygen atoms in total. The topological polar surface area (TPSA) is 12.4 Å². The largest absolute Gasteiger partial charge is 0.289 e. The van der Waals surface area contributed by atoms with E-state index in [1.807, 2.05) is 13.8 Å². The van der Waals surface area contributed by atoms with Gasteiger partial charge in [0, 0.05) is 5.03 Å². The molecule has 0 aliphatic rings. The number of rotatable bonds is 2. The monoisotopic (exact) mass is 131 g/mol. The minimum Gasteiger partial charge on any atom is -0.289 e. The van der Waals surface area contributed by atoms with Crippen LogP contribution in [0.2, 0.25) is 0 Å². The third-order valence-electron chi connectivity index (χ3n) is 0.826. The summed E-state index contributed by atoms with van der Waals surface area (Å²) < 4.78 is 0. The molecule has 1 unspecified atom stereocenters. The Bertz CT molecular complexity index is 107. The molecule has 0 N–H and O–H groups in total. The average molecular weight is 132 g/mol. The van der Waals surface area contributed by atoms with E-state index in [9.17, 15) is 0 Å². The first kappa shape index (κ1) is 7.70. The molecule has 0 spiro atoms. The molecule has 1 atom stereocenters. The first-order chi connectivity index (χ1) is 3.68. The van der Waals surface area contributed by atoms with Gasteiger partial charge in [0.2, 0.25) is 0 Å². The third-order valence-corrected chi connectivity index (χ3v) is 1.14. The molecule has 0 aliphatic carbocycles. The predicted octanol–water partition coefficient (Wildman–Crippen LogP) is 2.22. The molecule has 0 saturated carbocycles. The van der Waals surface area contributed by atoms with Gasteiger partial charge < -0.3 is 0 Å². The van der Waals surface area contributed by atoms with Crippen LogP contribution in [0.15, 0.2) is 16.6 Å². The lowest BCUT2D eigenvalue weighted by Gasteiger charge is -1.98. The molecular weight excluding hydrogens is 122 g/mol. The van der Waals surface area contributed by atoms with E-state index in [4.69, 9.17) is 11.6 Å². The Balaban J connectivity index is 3.64. The lowest BCUT2D eigenvalue weighted by atomic mass is 10.3. The van der Waals surface area contributed by atoms with Crippen LogP contribution in [0.3, 0.4) is 0 Å². The summed E-state index contributed by atoms with van der Waals surface area (Å²) in [5.74, 6) is 0. The second-order valence-electron chi connectivity index (χ2n) is 1.53. The Hall–Kier alpha value is -0.300. The predicted molar refractivity (Wildman–Crippen MR) is 38.6 cm³/mol. The molecule has 2 heteroatoms. The molecule has 0 bridgehead atoms. The third kappa shape index (κ3) is 2.80. The zero-order valence-electron chi connectivity index (χ0n) is 5.19. The zero-order valence-corrected chi connectivity index (χ0v) is 5.94. The van der Waals surface area contributed by atoms with Gasteiger partial charge >= 0.3 is 0 Å². The molecule has 0 radical (unpaired) electrons. The fourth-order valence-corrected chi connectivity index (χ4v) is 0.361. The van der Waals surface area contributed by atoms with Crippen molar-refractivity contribution in [1.29, 1.82) is 0 Å². The summed E-state index contributed by atoms with van der Waals surface area (Å²) in [6, 6.07) is 0.0571. The molecule has 0 aromatic carbocycles. The lowest BCUT2D eigenvalue weighted by molar-refractivity contribution is 0.917. The molecule has 0 aliphatic heterocycles. The lowest BCUT2D eigenvalue weighted by Crippen LogP contribution is -1.94. The van der Waals surface area contributed by atoms with Crippen molar-refractivity contribution in [3.63, 3.8) is 0 Å². The van der Waals surface area contributed by atoms with Crippen molar-refractivity contribution in [2.24, 2.45) is 4.99 Å². The Kier molecular flexibility index (Phi) is 3.53. The molecule has 0 fully saturated rings. The average Bonchev–Trinajstić information content (AvgIpc) is 1.67. The van der Waals surface area contributed by atoms with Crippen LogP contribution in [-0.2, 0) is 0 Å². The van der Waals surface area contributed by atoms with E-state index in [0.29, 0.717) is 5.03 Å². The maximum absolute atomic E-state index is 5.50. The maximum atomic E-state index is 5.50. The van der Waals surface area contributed by atoms with Crippen LogP contribution in [0.5, 0.6) is 0 Å². The number of nitrogens with zero attached hydrogens (tertiary/aromatic N) is 1. The van der Waals surface area contributed by atoms with Gasteiger partial charge in [-0.3, -0.25) is 4.99 Å². The van der Waals surface area contributed by atoms with Crippen molar-refractivity contribution in [2.45, 2.75) is 19.9 Å². The fraction of sp³-hybridized carbons (Fsp3) is 0.500. The quantitative estimate of drug-likeness (QED) is 0.510. The Labute approximate surface area is 55.1 Å². The highest BCUT2D eigenvalue weighted by Gasteiger charge is 1.96. The van der Waals surface area contributed by atoms with Gasteiger partial charge in [0.25, 0.3) is 0 Å². The summed E-state index contributed by atoms with van der Waals surface area (Å²) in [6.07, 6.45) is 1.72. The molecule has 46 valence electrons. The maximum Gasteiger partial charge on any atom is 0.0816 e. The molecule has 0 aromatic rings. The Morgan fingerprint density at radius 1 is 1.88 bits per heavy atom. The van der Waals surface area contributed by atoms with Crippen LogP contribution in [0.1, 0.15) is 13.8 Å². The highest BCUT2D eigenvalue weighted by atomic mass is 35.5. The van der Waals surface area contributed by atoms with Crippen LogP contribution < -0.4 is 0 Å². The van der Waals surface area contributed by atoms with Crippen molar-refractivity contribution >= 4 is 17.8 Å². The molecule has 0 saturated heterocycles. The van der Waals surface area contributed by atoms with Crippen molar-refractivity contribution in [3.05, 3.63) is 11.6 Å². The summed E-state index contributed by atoms with van der Waals surface area (Å²) >= 11 is 5.50. The van der Waals surface area contributed by atoms with Crippen molar-refractivity contribution in [2.75, 3.05) is 0 Å². The molecule has 0 heterocycles. The van der Waals surface area contributed by atoms with Gasteiger partial charge in [-0.2, -0.15) is 0 Å². The second-order valence-corrected chi connectivity index (χ2v) is 2.02. The summed E-state index contributed by atoms with van der Waals surface area (Å²) in [7, 11) is 0. The van der Waals surface area contributed by atoms with Gasteiger partial charge in [-0.1, -0.05) is 18.2 Å². The van der Waals surface area contributed by atoms with E-state index in [1.54, 1.807) is 6.21 Å². The van der Waals surface area contributed by atoms with Crippen LogP contribution in [0.25, 0.3) is 0 Å². The van der Waals surface area contributed by atoms with E-state index in [0.717, 1.165) is 0 Å². The highest BCUT2D eigenvalue weighted by Crippen LogP contribution is 2.06. The minimum absolute atomic E-state index is 0.0571. The van der Waals surface area contributed by atoms with Crippen molar-refractivity contribution < 1.29 is 0 Å². The summed E-state index contributed by atoms with van der Waals surface area (Å²) in [5.41, 5.74) is 0. The number of halogens is 1. The zero-order chi connectivity index (χ0) is 6.57. The van der Waals surface area contributed by atoms with Gasteiger partial charge in [-0.15, -0.1) is 0 Å². The van der Waals surface area contributed by atoms with Gasteiger partial charge in [0.05, 0.1) is 6.04 Å². The van der Waals surface area contributed by atoms with E-state index in [1.165, 1.54) is 0 Å². The summed E-state index contributed by atoms with van der Waals surface area (Å²) in [5, 5.41) is 0.586. The Morgan fingerprint density at radius 2 is 2.38 bits per heavy atom. The summed E-state index contributed by atoms with van der Waals surface area (Å²) in [6.45, 7) is 7.28. The van der Waals surface area contributed by atoms with Crippen LogP contribution in [0.4, 0.5) is 0 Å². The van der Waals surface area contributed by atoms with Crippen LogP contribution >= 0.6 is 11.6 Å². The van der Waals surface area contributed by atoms with Crippen molar-refractivity contribution in [3.8, 4) is 0 Å². The molecule has 0 rings (SSSR count). The molecule has 8 heavy (non-hydrogen) atoms. The van der Waals surface area contributed by atoms with Crippen LogP contribution in [0, 0.1) is 0 Å². The van der Waals surface area contributed by atoms with E-state index >= 15 is 0 Å². The first-order valence-electron chi connectivity index (χ1n) is 2.50. The molecule has 0 aromatic heterocycles. The van der Waals surface area contributed by atoms with E-state index < -0.39 is 0 Å². The van der Waals surface area contributed by atoms with Crippen LogP contribution in [-0.4, -0.2) is 12.3 Å². The van der Waals surface area contributed by atoms with Gasteiger partial charge in [-0.05, 0) is 20.1 Å². The number of aliphatic imine (C=N–C) groups is 1. The van der Waals surface area contributed by atoms with E-state index in [-0.39, 0.29) is 6.04 Å². The standard InChI is InChI=1S/C6H10ClN/c1-4-8-6(3)5(2)7/h4,6H,2H2,1,3H3. The van der Waals surface area contributed by atoms with Gasteiger partial charge in [0.1, 0.15) is 0 Å². The minimum atomic E-state index is 0.0571. The van der Waals surface area contributed by atoms with Gasteiger partial charge in [0.15, 0.2) is 0 Å². The fourth-order valence-electron chi connectivity index (χ4n) is 0.304. The SMILES string of the molecule is C=C(Cl)C(C)N=CC. The molecule has 0 amide bonds. The molecular formula is C6H10ClN. The highest BCUT2D eigenvalue weighted by molar-refractivity contribution is 6.29. The number of hydrogen-bond acceptors (Lipinski definition) is 1. The normalized spacial score (nSPS) is 14.4. The second kappa shape index (κ2) is 3.67. The first-order valence-corrected chi connectivity index (χ1v) is 2.88. The van der Waals surface area contributed by atoms with E-state index in [2.05, 4.69) is 11.6 Å². The number of hydrogen-bond donors (Lipinski definition) is 0. The smallest absolute Gasteiger partial charge is 0.0816 e. The Morgan fingerprint density at radius 3 is 2.50 bits per heavy atom. The summed E-state index contributed by atoms with van der Waals surface area (Å²) in [4.78, 5) is 3.97. The van der Waals surface area contributed by atoms with Crippen molar-refractivity contribution in [1.82, 2.24) is 0 Å².